The maximum absolute atomic E-state index is 12.0. The van der Waals surface area contributed by atoms with Gasteiger partial charge in [0, 0.05) is 6.42 Å². The molecule has 0 aliphatic heterocycles. The minimum absolute atomic E-state index is 0.0219. The molecule has 1 heterocycles. The molecule has 1 aromatic carbocycles. The first kappa shape index (κ1) is 15.6. The van der Waals surface area contributed by atoms with Gasteiger partial charge in [-0.1, -0.05) is 23.8 Å². The van der Waals surface area contributed by atoms with Gasteiger partial charge in [0.05, 0.1) is 16.9 Å². The van der Waals surface area contributed by atoms with Crippen LogP contribution in [0.1, 0.15) is 23.1 Å². The van der Waals surface area contributed by atoms with Gasteiger partial charge in [-0.15, -0.1) is 11.8 Å². The predicted octanol–water partition coefficient (Wildman–Crippen LogP) is 3.99. The molecule has 0 bridgehead atoms. The van der Waals surface area contributed by atoms with E-state index in [1.807, 2.05) is 18.4 Å². The maximum Gasteiger partial charge on any atom is 0.224 e. The molecule has 3 nitrogen and oxygen atoms in total. The molecule has 0 radical (unpaired) electrons. The van der Waals surface area contributed by atoms with Crippen molar-refractivity contribution in [1.29, 1.82) is 0 Å². The van der Waals surface area contributed by atoms with Crippen LogP contribution in [0.25, 0.3) is 0 Å². The molecule has 0 spiro atoms. The fourth-order valence-electron chi connectivity index (χ4n) is 2.17. The summed E-state index contributed by atoms with van der Waals surface area (Å²) in [7, 11) is 0. The summed E-state index contributed by atoms with van der Waals surface area (Å²) in [6, 6.07) is 10.1. The maximum atomic E-state index is 12.0. The number of aromatic nitrogens is 1. The van der Waals surface area contributed by atoms with E-state index in [-0.39, 0.29) is 5.91 Å². The number of carbonyl (C=O) groups excluding carboxylic acids is 1. The Kier molecular flexibility index (Phi) is 5.39. The third-order valence-corrected chi connectivity index (χ3v) is 4.01. The highest BCUT2D eigenvalue weighted by Gasteiger charge is 2.05. The average molecular weight is 300 g/mol. The van der Waals surface area contributed by atoms with Gasteiger partial charge in [0.2, 0.25) is 5.91 Å². The smallest absolute Gasteiger partial charge is 0.224 e. The van der Waals surface area contributed by atoms with Crippen LogP contribution in [0, 0.1) is 13.8 Å². The zero-order valence-corrected chi connectivity index (χ0v) is 13.5. The highest BCUT2D eigenvalue weighted by Crippen LogP contribution is 2.15. The number of rotatable bonds is 5. The normalized spacial score (nSPS) is 10.4. The summed E-state index contributed by atoms with van der Waals surface area (Å²) < 4.78 is 0. The van der Waals surface area contributed by atoms with Gasteiger partial charge in [0.25, 0.3) is 0 Å². The fraction of sp³-hybridized carbons (Fsp3) is 0.294. The lowest BCUT2D eigenvalue weighted by Gasteiger charge is -2.08. The number of amides is 1. The molecule has 1 N–H and O–H groups in total. The first-order valence-electron chi connectivity index (χ1n) is 6.94. The summed E-state index contributed by atoms with van der Waals surface area (Å²) in [5.41, 5.74) is 4.47. The van der Waals surface area contributed by atoms with E-state index in [9.17, 15) is 4.79 Å². The van der Waals surface area contributed by atoms with Crippen LogP contribution in [0.4, 0.5) is 5.69 Å². The molecule has 110 valence electrons. The summed E-state index contributed by atoms with van der Waals surface area (Å²) in [5.74, 6) is 0.0219. The van der Waals surface area contributed by atoms with Gasteiger partial charge in [-0.2, -0.15) is 0 Å². The molecule has 2 rings (SSSR count). The van der Waals surface area contributed by atoms with E-state index >= 15 is 0 Å². The van der Waals surface area contributed by atoms with Gasteiger partial charge in [0.15, 0.2) is 0 Å². The molecule has 0 unspecified atom stereocenters. The van der Waals surface area contributed by atoms with Gasteiger partial charge >= 0.3 is 0 Å². The number of hydrogen-bond acceptors (Lipinski definition) is 3. The Bertz CT molecular complexity index is 623. The van der Waals surface area contributed by atoms with Crippen LogP contribution in [0.3, 0.4) is 0 Å². The Morgan fingerprint density at radius 1 is 1.24 bits per heavy atom. The van der Waals surface area contributed by atoms with Crippen LogP contribution in [-0.2, 0) is 11.2 Å². The third-order valence-electron chi connectivity index (χ3n) is 3.35. The molecule has 2 aromatic rings. The first-order chi connectivity index (χ1) is 10.1. The molecule has 21 heavy (non-hydrogen) atoms. The lowest BCUT2D eigenvalue weighted by Crippen LogP contribution is -2.12. The van der Waals surface area contributed by atoms with E-state index in [0.29, 0.717) is 6.42 Å². The number of benzene rings is 1. The van der Waals surface area contributed by atoms with Gasteiger partial charge in [0.1, 0.15) is 0 Å². The van der Waals surface area contributed by atoms with Gasteiger partial charge < -0.3 is 5.32 Å². The molecule has 0 saturated heterocycles. The van der Waals surface area contributed by atoms with Crippen molar-refractivity contribution in [1.82, 2.24) is 4.98 Å². The molecule has 0 saturated carbocycles. The van der Waals surface area contributed by atoms with Crippen molar-refractivity contribution in [3.8, 4) is 0 Å². The Morgan fingerprint density at radius 2 is 2.05 bits per heavy atom. The summed E-state index contributed by atoms with van der Waals surface area (Å²) in [6.45, 7) is 4.17. The Morgan fingerprint density at radius 3 is 2.67 bits per heavy atom. The first-order valence-corrected chi connectivity index (χ1v) is 8.17. The molecule has 0 atom stereocenters. The topological polar surface area (TPSA) is 42.0 Å². The molecular formula is C17H20N2OS. The number of carbonyl (C=O) groups is 1. The fourth-order valence-corrected chi connectivity index (χ4v) is 2.54. The van der Waals surface area contributed by atoms with Crippen LogP contribution in [0.5, 0.6) is 0 Å². The van der Waals surface area contributed by atoms with Crippen LogP contribution < -0.4 is 5.32 Å². The van der Waals surface area contributed by atoms with E-state index in [0.717, 1.165) is 17.1 Å². The number of pyridine rings is 1. The van der Waals surface area contributed by atoms with E-state index < -0.39 is 0 Å². The lowest BCUT2D eigenvalue weighted by molar-refractivity contribution is -0.116. The van der Waals surface area contributed by atoms with Crippen LogP contribution in [0.15, 0.2) is 41.6 Å². The summed E-state index contributed by atoms with van der Waals surface area (Å²) in [6.07, 6.45) is 4.91. The average Bonchev–Trinajstić information content (AvgIpc) is 2.47. The van der Waals surface area contributed by atoms with Crippen molar-refractivity contribution >= 4 is 23.4 Å². The number of aryl methyl sites for hydroxylation is 3. The second kappa shape index (κ2) is 7.27. The molecule has 0 aliphatic rings. The van der Waals surface area contributed by atoms with E-state index in [1.165, 1.54) is 16.7 Å². The largest absolute Gasteiger partial charge is 0.325 e. The molecular weight excluding hydrogens is 280 g/mol. The number of hydrogen-bond donors (Lipinski definition) is 1. The SMILES string of the molecule is CSc1ccc(NC(=O)CCc2ccc(C)cc2C)cn1. The standard InChI is InChI=1S/C17H20N2OS/c1-12-4-5-14(13(2)10-12)6-8-16(20)19-15-7-9-17(21-3)18-11-15/h4-5,7,9-11H,6,8H2,1-3H3,(H,19,20). The van der Waals surface area contributed by atoms with Gasteiger partial charge in [-0.3, -0.25) is 4.79 Å². The van der Waals surface area contributed by atoms with E-state index in [4.69, 9.17) is 0 Å². The Balaban J connectivity index is 1.89. The molecule has 1 amide bonds. The Labute approximate surface area is 130 Å². The zero-order valence-electron chi connectivity index (χ0n) is 12.6. The summed E-state index contributed by atoms with van der Waals surface area (Å²) in [5, 5.41) is 3.83. The molecule has 1 aromatic heterocycles. The van der Waals surface area contributed by atoms with E-state index in [1.54, 1.807) is 18.0 Å². The van der Waals surface area contributed by atoms with Crippen LogP contribution in [-0.4, -0.2) is 17.1 Å². The van der Waals surface area contributed by atoms with Crippen molar-refractivity contribution in [3.05, 3.63) is 53.2 Å². The predicted molar refractivity (Wildman–Crippen MR) is 88.9 cm³/mol. The van der Waals surface area contributed by atoms with Crippen molar-refractivity contribution in [2.24, 2.45) is 0 Å². The number of thioether (sulfide) groups is 1. The summed E-state index contributed by atoms with van der Waals surface area (Å²) in [4.78, 5) is 16.2. The van der Waals surface area contributed by atoms with Crippen molar-refractivity contribution in [2.45, 2.75) is 31.7 Å². The zero-order chi connectivity index (χ0) is 15.2. The minimum atomic E-state index is 0.0219. The molecule has 0 fully saturated rings. The van der Waals surface area contributed by atoms with Crippen molar-refractivity contribution in [3.63, 3.8) is 0 Å². The van der Waals surface area contributed by atoms with Gasteiger partial charge in [-0.05, 0) is 49.8 Å². The number of nitrogens with one attached hydrogen (secondary N) is 1. The van der Waals surface area contributed by atoms with Crippen LogP contribution in [0.2, 0.25) is 0 Å². The molecule has 0 aliphatic carbocycles. The highest BCUT2D eigenvalue weighted by molar-refractivity contribution is 7.98. The van der Waals surface area contributed by atoms with Crippen LogP contribution >= 0.6 is 11.8 Å². The van der Waals surface area contributed by atoms with Crippen molar-refractivity contribution in [2.75, 3.05) is 11.6 Å². The monoisotopic (exact) mass is 300 g/mol. The second-order valence-corrected chi connectivity index (χ2v) is 5.89. The quantitative estimate of drug-likeness (QED) is 0.849. The second-order valence-electron chi connectivity index (χ2n) is 5.07. The lowest BCUT2D eigenvalue weighted by atomic mass is 10.0. The summed E-state index contributed by atoms with van der Waals surface area (Å²) >= 11 is 1.58. The van der Waals surface area contributed by atoms with Crippen molar-refractivity contribution < 1.29 is 4.79 Å². The highest BCUT2D eigenvalue weighted by atomic mass is 32.2. The van der Waals surface area contributed by atoms with Gasteiger partial charge in [-0.25, -0.2) is 4.98 Å². The molecule has 4 heteroatoms. The number of nitrogens with zero attached hydrogens (tertiary/aromatic N) is 1. The third kappa shape index (κ3) is 4.60. The van der Waals surface area contributed by atoms with E-state index in [2.05, 4.69) is 42.3 Å². The minimum Gasteiger partial charge on any atom is -0.325 e. The number of anilines is 1. The Hall–Kier alpha value is -1.81.